The third kappa shape index (κ3) is 3.02. The maximum atomic E-state index is 5.41. The molecule has 1 aromatic carbocycles. The van der Waals surface area contributed by atoms with Crippen LogP contribution in [-0.2, 0) is 6.54 Å². The molecule has 0 saturated carbocycles. The fraction of sp³-hybridized carbons (Fsp3) is 0.385. The summed E-state index contributed by atoms with van der Waals surface area (Å²) in [4.78, 5) is 3.37. The van der Waals surface area contributed by atoms with Gasteiger partial charge in [0.25, 0.3) is 0 Å². The predicted octanol–water partition coefficient (Wildman–Crippen LogP) is 1.36. The van der Waals surface area contributed by atoms with Crippen LogP contribution in [-0.4, -0.2) is 31.1 Å². The van der Waals surface area contributed by atoms with Crippen LogP contribution in [0.1, 0.15) is 11.1 Å². The van der Waals surface area contributed by atoms with Crippen molar-refractivity contribution in [3.05, 3.63) is 29.3 Å². The zero-order chi connectivity index (χ0) is 11.4. The van der Waals surface area contributed by atoms with Gasteiger partial charge >= 0.3 is 0 Å². The minimum atomic E-state index is 0.914. The fourth-order valence-electron chi connectivity index (χ4n) is 1.98. The maximum absolute atomic E-state index is 5.41. The van der Waals surface area contributed by atoms with Gasteiger partial charge in [0.1, 0.15) is 0 Å². The van der Waals surface area contributed by atoms with Gasteiger partial charge < -0.3 is 5.32 Å². The number of piperazine rings is 1. The Morgan fingerprint density at radius 2 is 2.06 bits per heavy atom. The Kier molecular flexibility index (Phi) is 3.89. The Hall–Kier alpha value is -0.950. The predicted molar refractivity (Wildman–Crippen MR) is 69.8 cm³/mol. The lowest BCUT2D eigenvalue weighted by Gasteiger charge is -2.27. The van der Waals surface area contributed by atoms with E-state index in [2.05, 4.69) is 40.9 Å². The summed E-state index contributed by atoms with van der Waals surface area (Å²) in [7, 11) is 0. The van der Waals surface area contributed by atoms with E-state index in [-0.39, 0.29) is 0 Å². The first-order valence-corrected chi connectivity index (χ1v) is 5.95. The average Bonchev–Trinajstić information content (AvgIpc) is 2.29. The van der Waals surface area contributed by atoms with Crippen LogP contribution in [0.15, 0.2) is 23.1 Å². The first-order chi connectivity index (χ1) is 7.78. The number of hydrogen-bond acceptors (Lipinski definition) is 3. The van der Waals surface area contributed by atoms with E-state index in [0.717, 1.165) is 43.2 Å². The number of thiol groups is 1. The molecule has 0 unspecified atom stereocenters. The van der Waals surface area contributed by atoms with Crippen LogP contribution >= 0.6 is 12.6 Å². The van der Waals surface area contributed by atoms with E-state index >= 15 is 0 Å². The van der Waals surface area contributed by atoms with Crippen LogP contribution in [0.5, 0.6) is 0 Å². The molecule has 16 heavy (non-hydrogen) atoms. The van der Waals surface area contributed by atoms with Gasteiger partial charge in [-0.1, -0.05) is 5.92 Å². The Bertz CT molecular complexity index is 403. The summed E-state index contributed by atoms with van der Waals surface area (Å²) < 4.78 is 0. The molecule has 3 heteroatoms. The summed E-state index contributed by atoms with van der Waals surface area (Å²) in [5.41, 5.74) is 2.17. The molecule has 0 bridgehead atoms. The van der Waals surface area contributed by atoms with Gasteiger partial charge in [-0.3, -0.25) is 4.90 Å². The Morgan fingerprint density at radius 3 is 2.75 bits per heavy atom. The molecule has 1 aliphatic heterocycles. The maximum Gasteiger partial charge on any atom is 0.0256 e. The van der Waals surface area contributed by atoms with Crippen molar-refractivity contribution >= 4 is 12.6 Å². The normalized spacial score (nSPS) is 17.0. The highest BCUT2D eigenvalue weighted by molar-refractivity contribution is 7.80. The number of nitrogens with zero attached hydrogens (tertiary/aromatic N) is 1. The van der Waals surface area contributed by atoms with E-state index in [0.29, 0.717) is 0 Å². The summed E-state index contributed by atoms with van der Waals surface area (Å²) in [5, 5.41) is 3.35. The second-order valence-electron chi connectivity index (χ2n) is 4.06. The minimum Gasteiger partial charge on any atom is -0.314 e. The molecule has 1 fully saturated rings. The lowest BCUT2D eigenvalue weighted by atomic mass is 10.1. The Morgan fingerprint density at radius 1 is 1.31 bits per heavy atom. The van der Waals surface area contributed by atoms with Crippen molar-refractivity contribution in [3.8, 4) is 12.3 Å². The summed E-state index contributed by atoms with van der Waals surface area (Å²) in [6.45, 7) is 5.31. The monoisotopic (exact) mass is 232 g/mol. The molecule has 0 aliphatic carbocycles. The minimum absolute atomic E-state index is 0.914. The van der Waals surface area contributed by atoms with E-state index in [9.17, 15) is 0 Å². The lowest BCUT2D eigenvalue weighted by Crippen LogP contribution is -2.42. The van der Waals surface area contributed by atoms with E-state index < -0.39 is 0 Å². The van der Waals surface area contributed by atoms with E-state index in [1.165, 1.54) is 5.56 Å². The van der Waals surface area contributed by atoms with Gasteiger partial charge in [0, 0.05) is 43.2 Å². The van der Waals surface area contributed by atoms with E-state index in [4.69, 9.17) is 6.42 Å². The molecule has 1 heterocycles. The molecule has 1 aliphatic rings. The van der Waals surface area contributed by atoms with Crippen LogP contribution in [0.4, 0.5) is 0 Å². The smallest absolute Gasteiger partial charge is 0.0256 e. The van der Waals surface area contributed by atoms with Crippen molar-refractivity contribution < 1.29 is 0 Å². The quantitative estimate of drug-likeness (QED) is 0.591. The summed E-state index contributed by atoms with van der Waals surface area (Å²) in [5.74, 6) is 2.67. The van der Waals surface area contributed by atoms with Gasteiger partial charge in [-0.15, -0.1) is 19.1 Å². The molecule has 2 rings (SSSR count). The van der Waals surface area contributed by atoms with Crippen molar-refractivity contribution in [2.45, 2.75) is 11.4 Å². The Labute approximate surface area is 102 Å². The number of nitrogens with one attached hydrogen (secondary N) is 1. The summed E-state index contributed by atoms with van der Waals surface area (Å²) in [6, 6.07) is 6.08. The lowest BCUT2D eigenvalue weighted by molar-refractivity contribution is 0.233. The zero-order valence-electron chi connectivity index (χ0n) is 9.24. The van der Waals surface area contributed by atoms with E-state index in [1.807, 2.05) is 6.07 Å². The molecule has 0 aromatic heterocycles. The highest BCUT2D eigenvalue weighted by Crippen LogP contribution is 2.15. The van der Waals surface area contributed by atoms with Gasteiger partial charge in [-0.25, -0.2) is 0 Å². The second kappa shape index (κ2) is 5.40. The van der Waals surface area contributed by atoms with Crippen LogP contribution in [0.2, 0.25) is 0 Å². The van der Waals surface area contributed by atoms with Crippen LogP contribution in [0.3, 0.4) is 0 Å². The third-order valence-electron chi connectivity index (χ3n) is 2.76. The molecule has 0 amide bonds. The van der Waals surface area contributed by atoms with Crippen molar-refractivity contribution in [1.82, 2.24) is 10.2 Å². The van der Waals surface area contributed by atoms with Crippen LogP contribution in [0.25, 0.3) is 0 Å². The van der Waals surface area contributed by atoms with Gasteiger partial charge in [0.05, 0.1) is 0 Å². The molecule has 84 valence electrons. The first kappa shape index (κ1) is 11.5. The molecule has 2 nitrogen and oxygen atoms in total. The summed E-state index contributed by atoms with van der Waals surface area (Å²) >= 11 is 4.37. The largest absolute Gasteiger partial charge is 0.314 e. The molecular weight excluding hydrogens is 216 g/mol. The van der Waals surface area contributed by atoms with Crippen molar-refractivity contribution in [2.75, 3.05) is 26.2 Å². The molecule has 0 atom stereocenters. The topological polar surface area (TPSA) is 15.3 Å². The third-order valence-corrected chi connectivity index (χ3v) is 3.02. The van der Waals surface area contributed by atoms with Crippen molar-refractivity contribution in [1.29, 1.82) is 0 Å². The molecule has 0 radical (unpaired) electrons. The second-order valence-corrected chi connectivity index (χ2v) is 4.58. The van der Waals surface area contributed by atoms with Crippen molar-refractivity contribution in [3.63, 3.8) is 0 Å². The van der Waals surface area contributed by atoms with Gasteiger partial charge in [0.15, 0.2) is 0 Å². The molecular formula is C13H16N2S. The number of hydrogen-bond donors (Lipinski definition) is 2. The van der Waals surface area contributed by atoms with E-state index in [1.54, 1.807) is 0 Å². The molecule has 1 saturated heterocycles. The standard InChI is InChI=1S/C13H16N2S/c1-2-11-7-12(9-13(16)8-11)10-15-5-3-14-4-6-15/h1,7-9,14,16H,3-6,10H2. The van der Waals surface area contributed by atoms with Gasteiger partial charge in [0.2, 0.25) is 0 Å². The van der Waals surface area contributed by atoms with Crippen molar-refractivity contribution in [2.24, 2.45) is 0 Å². The molecule has 0 spiro atoms. The fourth-order valence-corrected chi connectivity index (χ4v) is 2.28. The number of benzene rings is 1. The average molecular weight is 232 g/mol. The SMILES string of the molecule is C#Cc1cc(S)cc(CN2CCNCC2)c1. The molecule has 1 aromatic rings. The number of terminal acetylenes is 1. The van der Waals surface area contributed by atoms with Crippen LogP contribution < -0.4 is 5.32 Å². The Balaban J connectivity index is 2.08. The van der Waals surface area contributed by atoms with Gasteiger partial charge in [-0.2, -0.15) is 0 Å². The first-order valence-electron chi connectivity index (χ1n) is 5.50. The zero-order valence-corrected chi connectivity index (χ0v) is 10.1. The van der Waals surface area contributed by atoms with Gasteiger partial charge in [-0.05, 0) is 23.8 Å². The number of rotatable bonds is 2. The summed E-state index contributed by atoms with van der Waals surface area (Å²) in [6.07, 6.45) is 5.41. The van der Waals surface area contributed by atoms with Crippen LogP contribution in [0, 0.1) is 12.3 Å². The molecule has 1 N–H and O–H groups in total. The highest BCUT2D eigenvalue weighted by atomic mass is 32.1. The highest BCUT2D eigenvalue weighted by Gasteiger charge is 2.10.